The number of amides is 3. The lowest BCUT2D eigenvalue weighted by atomic mass is 10.2. The van der Waals surface area contributed by atoms with Crippen molar-refractivity contribution in [2.75, 3.05) is 13.1 Å². The second kappa shape index (κ2) is 7.88. The Morgan fingerprint density at radius 1 is 1.08 bits per heavy atom. The molecule has 3 rings (SSSR count). The second-order valence-corrected chi connectivity index (χ2v) is 6.51. The molecule has 2 aromatic rings. The molecule has 0 aromatic heterocycles. The number of phenolic OH excluding ortho intramolecular Hbond substituents is 1. The lowest BCUT2D eigenvalue weighted by Gasteiger charge is -2.13. The molecular formula is C19H16N2O4S. The van der Waals surface area contributed by atoms with E-state index >= 15 is 0 Å². The summed E-state index contributed by atoms with van der Waals surface area (Å²) in [5.74, 6) is -0.961. The van der Waals surface area contributed by atoms with E-state index in [2.05, 4.69) is 5.32 Å². The number of carbonyl (C=O) groups excluding carboxylic acids is 3. The number of rotatable bonds is 5. The van der Waals surface area contributed by atoms with Crippen molar-refractivity contribution in [2.24, 2.45) is 0 Å². The maximum absolute atomic E-state index is 12.4. The van der Waals surface area contributed by atoms with Gasteiger partial charge in [-0.2, -0.15) is 0 Å². The molecule has 0 aliphatic carbocycles. The van der Waals surface area contributed by atoms with Crippen molar-refractivity contribution in [1.29, 1.82) is 0 Å². The Balaban J connectivity index is 1.59. The fraction of sp³-hybridized carbons (Fsp3) is 0.105. The fourth-order valence-electron chi connectivity index (χ4n) is 2.44. The van der Waals surface area contributed by atoms with E-state index in [4.69, 9.17) is 0 Å². The average Bonchev–Trinajstić information content (AvgIpc) is 2.90. The first-order valence-electron chi connectivity index (χ1n) is 7.93. The van der Waals surface area contributed by atoms with E-state index in [-0.39, 0.29) is 35.5 Å². The Morgan fingerprint density at radius 2 is 1.77 bits per heavy atom. The number of hydrogen-bond donors (Lipinski definition) is 2. The Kier molecular flexibility index (Phi) is 5.38. The summed E-state index contributed by atoms with van der Waals surface area (Å²) in [4.78, 5) is 37.9. The van der Waals surface area contributed by atoms with Crippen LogP contribution >= 0.6 is 11.8 Å². The van der Waals surface area contributed by atoms with Gasteiger partial charge in [0, 0.05) is 13.1 Å². The minimum atomic E-state index is -0.463. The van der Waals surface area contributed by atoms with Crippen molar-refractivity contribution in [2.45, 2.75) is 0 Å². The molecule has 132 valence electrons. The van der Waals surface area contributed by atoms with Gasteiger partial charge in [0.05, 0.1) is 10.5 Å². The van der Waals surface area contributed by atoms with Crippen LogP contribution in [0, 0.1) is 0 Å². The summed E-state index contributed by atoms with van der Waals surface area (Å²) in [5, 5.41) is 11.9. The van der Waals surface area contributed by atoms with Gasteiger partial charge in [-0.15, -0.1) is 0 Å². The molecule has 0 radical (unpaired) electrons. The number of nitrogens with one attached hydrogen (secondary N) is 1. The molecule has 0 unspecified atom stereocenters. The maximum Gasteiger partial charge on any atom is 0.293 e. The number of para-hydroxylation sites is 1. The molecule has 3 amide bonds. The molecule has 7 heteroatoms. The first-order valence-corrected chi connectivity index (χ1v) is 8.74. The van der Waals surface area contributed by atoms with E-state index < -0.39 is 5.91 Å². The molecule has 1 aliphatic heterocycles. The molecule has 2 aromatic carbocycles. The summed E-state index contributed by atoms with van der Waals surface area (Å²) in [6, 6.07) is 15.4. The molecular weight excluding hydrogens is 352 g/mol. The van der Waals surface area contributed by atoms with Gasteiger partial charge in [0.15, 0.2) is 0 Å². The van der Waals surface area contributed by atoms with E-state index in [9.17, 15) is 19.5 Å². The van der Waals surface area contributed by atoms with Crippen LogP contribution in [0.15, 0.2) is 59.5 Å². The normalized spacial score (nSPS) is 15.5. The SMILES string of the molecule is O=C(NCCN1C(=O)SC(=Cc2ccccc2)C1=O)c1ccccc1O. The molecule has 0 saturated carbocycles. The van der Waals surface area contributed by atoms with Gasteiger partial charge >= 0.3 is 0 Å². The number of carbonyl (C=O) groups is 3. The number of hydrogen-bond acceptors (Lipinski definition) is 5. The zero-order chi connectivity index (χ0) is 18.5. The summed E-state index contributed by atoms with van der Waals surface area (Å²) in [7, 11) is 0. The van der Waals surface area contributed by atoms with Crippen LogP contribution in [-0.4, -0.2) is 40.1 Å². The highest BCUT2D eigenvalue weighted by molar-refractivity contribution is 8.18. The van der Waals surface area contributed by atoms with Crippen LogP contribution in [0.3, 0.4) is 0 Å². The van der Waals surface area contributed by atoms with E-state index in [1.165, 1.54) is 12.1 Å². The van der Waals surface area contributed by atoms with Crippen LogP contribution in [-0.2, 0) is 4.79 Å². The van der Waals surface area contributed by atoms with Crippen molar-refractivity contribution in [3.8, 4) is 5.75 Å². The third-order valence-corrected chi connectivity index (χ3v) is 4.65. The van der Waals surface area contributed by atoms with Gasteiger partial charge in [-0.25, -0.2) is 0 Å². The topological polar surface area (TPSA) is 86.7 Å². The van der Waals surface area contributed by atoms with Gasteiger partial charge in [0.2, 0.25) is 0 Å². The first kappa shape index (κ1) is 17.8. The molecule has 6 nitrogen and oxygen atoms in total. The fourth-order valence-corrected chi connectivity index (χ4v) is 3.30. The molecule has 0 spiro atoms. The molecule has 0 atom stereocenters. The molecule has 1 fully saturated rings. The number of nitrogens with zero attached hydrogens (tertiary/aromatic N) is 1. The Labute approximate surface area is 154 Å². The quantitative estimate of drug-likeness (QED) is 0.793. The van der Waals surface area contributed by atoms with Crippen LogP contribution in [0.1, 0.15) is 15.9 Å². The first-order chi connectivity index (χ1) is 12.6. The predicted molar refractivity (Wildman–Crippen MR) is 99.6 cm³/mol. The molecule has 1 saturated heterocycles. The highest BCUT2D eigenvalue weighted by atomic mass is 32.2. The third kappa shape index (κ3) is 3.94. The van der Waals surface area contributed by atoms with Gasteiger partial charge < -0.3 is 10.4 Å². The summed E-state index contributed by atoms with van der Waals surface area (Å²) in [6.45, 7) is 0.167. The molecule has 1 aliphatic rings. The van der Waals surface area contributed by atoms with Gasteiger partial charge in [0.1, 0.15) is 5.75 Å². The largest absolute Gasteiger partial charge is 0.507 e. The van der Waals surface area contributed by atoms with E-state index in [1.54, 1.807) is 18.2 Å². The second-order valence-electron chi connectivity index (χ2n) is 5.52. The number of benzene rings is 2. The summed E-state index contributed by atoms with van der Waals surface area (Å²) < 4.78 is 0. The van der Waals surface area contributed by atoms with E-state index in [1.807, 2.05) is 30.3 Å². The van der Waals surface area contributed by atoms with Crippen molar-refractivity contribution >= 4 is 34.9 Å². The van der Waals surface area contributed by atoms with Crippen LogP contribution < -0.4 is 5.32 Å². The molecule has 0 bridgehead atoms. The van der Waals surface area contributed by atoms with Crippen LogP contribution in [0.5, 0.6) is 5.75 Å². The highest BCUT2D eigenvalue weighted by Gasteiger charge is 2.34. The van der Waals surface area contributed by atoms with E-state index in [0.29, 0.717) is 4.91 Å². The zero-order valence-electron chi connectivity index (χ0n) is 13.7. The minimum Gasteiger partial charge on any atom is -0.507 e. The standard InChI is InChI=1S/C19H16N2O4S/c22-15-9-5-4-8-14(15)17(23)20-10-11-21-18(24)16(26-19(21)25)12-13-6-2-1-3-7-13/h1-9,12,22H,10-11H2,(H,20,23). The maximum atomic E-state index is 12.4. The van der Waals surface area contributed by atoms with Crippen molar-refractivity contribution in [3.63, 3.8) is 0 Å². The van der Waals surface area contributed by atoms with Gasteiger partial charge in [-0.3, -0.25) is 19.3 Å². The number of aromatic hydroxyl groups is 1. The lowest BCUT2D eigenvalue weighted by Crippen LogP contribution is -2.37. The van der Waals surface area contributed by atoms with Crippen molar-refractivity contribution in [3.05, 3.63) is 70.6 Å². The van der Waals surface area contributed by atoms with Crippen LogP contribution in [0.4, 0.5) is 4.79 Å². The van der Waals surface area contributed by atoms with Crippen molar-refractivity contribution < 1.29 is 19.5 Å². The van der Waals surface area contributed by atoms with Crippen LogP contribution in [0.25, 0.3) is 6.08 Å². The number of phenols is 1. The number of thioether (sulfide) groups is 1. The highest BCUT2D eigenvalue weighted by Crippen LogP contribution is 2.31. The summed E-state index contributed by atoms with van der Waals surface area (Å²) in [6.07, 6.45) is 1.67. The lowest BCUT2D eigenvalue weighted by molar-refractivity contribution is -0.122. The monoisotopic (exact) mass is 368 g/mol. The van der Waals surface area contributed by atoms with Gasteiger partial charge in [0.25, 0.3) is 17.1 Å². The van der Waals surface area contributed by atoms with E-state index in [0.717, 1.165) is 22.2 Å². The Hall–Kier alpha value is -3.06. The minimum absolute atomic E-state index is 0.0656. The smallest absolute Gasteiger partial charge is 0.293 e. The molecule has 2 N–H and O–H groups in total. The summed E-state index contributed by atoms with van der Waals surface area (Å²) >= 11 is 0.880. The van der Waals surface area contributed by atoms with Gasteiger partial charge in [-0.1, -0.05) is 42.5 Å². The average molecular weight is 368 g/mol. The predicted octanol–water partition coefficient (Wildman–Crippen LogP) is 2.86. The molecule has 1 heterocycles. The Morgan fingerprint density at radius 3 is 2.50 bits per heavy atom. The third-order valence-electron chi connectivity index (χ3n) is 3.74. The van der Waals surface area contributed by atoms with Crippen molar-refractivity contribution in [1.82, 2.24) is 10.2 Å². The zero-order valence-corrected chi connectivity index (χ0v) is 14.5. The molecule has 26 heavy (non-hydrogen) atoms. The Bertz CT molecular complexity index is 880. The number of imide groups is 1. The van der Waals surface area contributed by atoms with Crippen LogP contribution in [0.2, 0.25) is 0 Å². The summed E-state index contributed by atoms with van der Waals surface area (Å²) in [5.41, 5.74) is 0.983. The van der Waals surface area contributed by atoms with Gasteiger partial charge in [-0.05, 0) is 35.5 Å².